The zero-order valence-corrected chi connectivity index (χ0v) is 19.9. The number of ether oxygens (including phenoxy) is 3. The standard InChI is InChI=1S/C29H33FO4/c1-32-28(33-2)10-6-7-17-34-23-14-11-21(12-15-23)29-24(20-8-4-3-5-9-20)16-13-22-18-27(31)26(30)19-25(22)29/h3-5,8-9,11-12,14-15,18-19,24,28-29,31H,6-7,10,13,16-17H2,1-2H3/t24-,29+/m1/s1. The fraction of sp³-hybridized carbons (Fsp3) is 0.379. The van der Waals surface area contributed by atoms with Gasteiger partial charge in [0.05, 0.1) is 6.61 Å². The van der Waals surface area contributed by atoms with E-state index in [-0.39, 0.29) is 23.9 Å². The van der Waals surface area contributed by atoms with E-state index in [1.165, 1.54) is 11.6 Å². The van der Waals surface area contributed by atoms with Crippen LogP contribution in [0.4, 0.5) is 4.39 Å². The van der Waals surface area contributed by atoms with Crippen LogP contribution in [0.15, 0.2) is 66.7 Å². The molecule has 0 saturated carbocycles. The second-order valence-corrected chi connectivity index (χ2v) is 8.85. The van der Waals surface area contributed by atoms with Crippen LogP contribution in [0, 0.1) is 5.82 Å². The number of aryl methyl sites for hydroxylation is 1. The maximum atomic E-state index is 14.4. The Kier molecular flexibility index (Phi) is 8.20. The highest BCUT2D eigenvalue weighted by Gasteiger charge is 2.33. The summed E-state index contributed by atoms with van der Waals surface area (Å²) in [6.45, 7) is 0.628. The van der Waals surface area contributed by atoms with E-state index in [0.717, 1.165) is 54.5 Å². The van der Waals surface area contributed by atoms with Crippen LogP contribution < -0.4 is 4.74 Å². The van der Waals surface area contributed by atoms with Crippen LogP contribution in [0.2, 0.25) is 0 Å². The van der Waals surface area contributed by atoms with Gasteiger partial charge < -0.3 is 19.3 Å². The van der Waals surface area contributed by atoms with E-state index < -0.39 is 5.82 Å². The lowest BCUT2D eigenvalue weighted by atomic mass is 9.69. The minimum atomic E-state index is -0.568. The molecule has 0 spiro atoms. The van der Waals surface area contributed by atoms with E-state index in [9.17, 15) is 9.50 Å². The summed E-state index contributed by atoms with van der Waals surface area (Å²) in [5, 5.41) is 9.93. The Labute approximate surface area is 201 Å². The Balaban J connectivity index is 1.51. The van der Waals surface area contributed by atoms with E-state index in [4.69, 9.17) is 14.2 Å². The Hall–Kier alpha value is -2.89. The summed E-state index contributed by atoms with van der Waals surface area (Å²) in [6, 6.07) is 21.7. The van der Waals surface area contributed by atoms with Crippen molar-refractivity contribution in [1.82, 2.24) is 0 Å². The monoisotopic (exact) mass is 464 g/mol. The number of hydrogen-bond acceptors (Lipinski definition) is 4. The molecule has 3 aromatic rings. The number of methoxy groups -OCH3 is 2. The number of unbranched alkanes of at least 4 members (excludes halogenated alkanes) is 1. The van der Waals surface area contributed by atoms with Gasteiger partial charge in [-0.15, -0.1) is 0 Å². The molecule has 180 valence electrons. The molecule has 4 nitrogen and oxygen atoms in total. The van der Waals surface area contributed by atoms with Crippen LogP contribution in [0.1, 0.15) is 59.8 Å². The smallest absolute Gasteiger partial charge is 0.165 e. The first-order valence-electron chi connectivity index (χ1n) is 11.9. The van der Waals surface area contributed by atoms with Crippen LogP contribution in [0.3, 0.4) is 0 Å². The second-order valence-electron chi connectivity index (χ2n) is 8.85. The van der Waals surface area contributed by atoms with Gasteiger partial charge in [-0.3, -0.25) is 0 Å². The van der Waals surface area contributed by atoms with Crippen molar-refractivity contribution in [3.8, 4) is 11.5 Å². The zero-order chi connectivity index (χ0) is 23.9. The summed E-state index contributed by atoms with van der Waals surface area (Å²) < 4.78 is 30.8. The predicted molar refractivity (Wildman–Crippen MR) is 131 cm³/mol. The zero-order valence-electron chi connectivity index (χ0n) is 19.9. The first kappa shape index (κ1) is 24.2. The molecular formula is C29H33FO4. The molecule has 0 radical (unpaired) electrons. The van der Waals surface area contributed by atoms with Crippen molar-refractivity contribution in [2.24, 2.45) is 0 Å². The first-order valence-corrected chi connectivity index (χ1v) is 11.9. The summed E-state index contributed by atoms with van der Waals surface area (Å²) in [4.78, 5) is 0. The van der Waals surface area contributed by atoms with Gasteiger partial charge in [-0.05, 0) is 84.5 Å². The molecule has 0 unspecified atom stereocenters. The number of phenolic OH excluding ortho intramolecular Hbond substituents is 1. The van der Waals surface area contributed by atoms with Crippen molar-refractivity contribution in [2.45, 2.75) is 50.2 Å². The fourth-order valence-corrected chi connectivity index (χ4v) is 5.00. The van der Waals surface area contributed by atoms with Crippen molar-refractivity contribution in [3.05, 3.63) is 94.8 Å². The lowest BCUT2D eigenvalue weighted by Gasteiger charge is -2.35. The molecule has 1 aliphatic rings. The SMILES string of the molecule is COC(CCCCOc1ccc([C@@H]2c3cc(F)c(O)cc3CC[C@@H]2c2ccccc2)cc1)OC. The molecule has 0 bridgehead atoms. The van der Waals surface area contributed by atoms with Gasteiger partial charge in [0.25, 0.3) is 0 Å². The molecule has 0 amide bonds. The van der Waals surface area contributed by atoms with Crippen molar-refractivity contribution in [1.29, 1.82) is 0 Å². The third-order valence-corrected chi connectivity index (χ3v) is 6.77. The number of halogens is 1. The third kappa shape index (κ3) is 5.60. The lowest BCUT2D eigenvalue weighted by molar-refractivity contribution is -0.107. The predicted octanol–water partition coefficient (Wildman–Crippen LogP) is 6.56. The Morgan fingerprint density at radius 2 is 1.68 bits per heavy atom. The van der Waals surface area contributed by atoms with Crippen molar-refractivity contribution in [2.75, 3.05) is 20.8 Å². The highest BCUT2D eigenvalue weighted by Crippen LogP contribution is 2.47. The largest absolute Gasteiger partial charge is 0.505 e. The number of phenols is 1. The second kappa shape index (κ2) is 11.5. The van der Waals surface area contributed by atoms with Gasteiger partial charge >= 0.3 is 0 Å². The topological polar surface area (TPSA) is 47.9 Å². The summed E-state index contributed by atoms with van der Waals surface area (Å²) in [6.07, 6.45) is 4.30. The van der Waals surface area contributed by atoms with Crippen LogP contribution in [0.25, 0.3) is 0 Å². The van der Waals surface area contributed by atoms with Crippen LogP contribution in [-0.4, -0.2) is 32.2 Å². The van der Waals surface area contributed by atoms with Gasteiger partial charge in [0.15, 0.2) is 17.9 Å². The first-order chi connectivity index (χ1) is 16.6. The van der Waals surface area contributed by atoms with Gasteiger partial charge in [-0.25, -0.2) is 4.39 Å². The van der Waals surface area contributed by atoms with Crippen molar-refractivity contribution >= 4 is 0 Å². The number of fused-ring (bicyclic) bond motifs is 1. The maximum Gasteiger partial charge on any atom is 0.165 e. The third-order valence-electron chi connectivity index (χ3n) is 6.77. The van der Waals surface area contributed by atoms with Crippen molar-refractivity contribution < 1.29 is 23.7 Å². The maximum absolute atomic E-state index is 14.4. The van der Waals surface area contributed by atoms with Crippen LogP contribution in [0.5, 0.6) is 11.5 Å². The minimum Gasteiger partial charge on any atom is -0.505 e. The quantitative estimate of drug-likeness (QED) is 0.273. The number of aromatic hydroxyl groups is 1. The van der Waals surface area contributed by atoms with E-state index in [1.54, 1.807) is 20.3 Å². The number of rotatable bonds is 10. The molecule has 0 heterocycles. The molecule has 0 saturated heterocycles. The molecule has 4 rings (SSSR count). The minimum absolute atomic E-state index is 0.00956. The van der Waals surface area contributed by atoms with Gasteiger partial charge in [0.2, 0.25) is 0 Å². The Morgan fingerprint density at radius 3 is 2.38 bits per heavy atom. The fourth-order valence-electron chi connectivity index (χ4n) is 5.00. The van der Waals surface area contributed by atoms with E-state index >= 15 is 0 Å². The lowest BCUT2D eigenvalue weighted by Crippen LogP contribution is -2.20. The van der Waals surface area contributed by atoms with E-state index in [0.29, 0.717) is 6.61 Å². The Bertz CT molecular complexity index is 1050. The molecule has 0 fully saturated rings. The average molecular weight is 465 g/mol. The van der Waals surface area contributed by atoms with Crippen LogP contribution in [-0.2, 0) is 15.9 Å². The molecular weight excluding hydrogens is 431 g/mol. The summed E-state index contributed by atoms with van der Waals surface area (Å²) in [5.41, 5.74) is 4.34. The normalized spacial score (nSPS) is 17.5. The molecule has 34 heavy (non-hydrogen) atoms. The molecule has 2 atom stereocenters. The average Bonchev–Trinajstić information content (AvgIpc) is 2.87. The van der Waals surface area contributed by atoms with Gasteiger partial charge in [-0.2, -0.15) is 0 Å². The van der Waals surface area contributed by atoms with Gasteiger partial charge in [0.1, 0.15) is 5.75 Å². The Morgan fingerprint density at radius 1 is 0.941 bits per heavy atom. The van der Waals surface area contributed by atoms with Crippen molar-refractivity contribution in [3.63, 3.8) is 0 Å². The summed E-state index contributed by atoms with van der Waals surface area (Å²) in [5.74, 6) is 0.223. The van der Waals surface area contributed by atoms with E-state index in [1.807, 2.05) is 18.2 Å². The van der Waals surface area contributed by atoms with Gasteiger partial charge in [0, 0.05) is 20.1 Å². The summed E-state index contributed by atoms with van der Waals surface area (Å²) in [7, 11) is 3.30. The number of benzene rings is 3. The molecule has 5 heteroatoms. The van der Waals surface area contributed by atoms with Gasteiger partial charge in [-0.1, -0.05) is 42.5 Å². The van der Waals surface area contributed by atoms with Crippen LogP contribution >= 0.6 is 0 Å². The number of hydrogen-bond donors (Lipinski definition) is 1. The molecule has 1 aliphatic carbocycles. The molecule has 0 aliphatic heterocycles. The summed E-state index contributed by atoms with van der Waals surface area (Å²) >= 11 is 0. The highest BCUT2D eigenvalue weighted by atomic mass is 19.1. The molecule has 3 aromatic carbocycles. The molecule has 1 N–H and O–H groups in total. The van der Waals surface area contributed by atoms with E-state index in [2.05, 4.69) is 36.4 Å². The highest BCUT2D eigenvalue weighted by molar-refractivity contribution is 5.48. The molecule has 0 aromatic heterocycles.